The van der Waals surface area contributed by atoms with Crippen LogP contribution in [0.3, 0.4) is 0 Å². The first-order valence-electron chi connectivity index (χ1n) is 8.32. The van der Waals surface area contributed by atoms with Gasteiger partial charge in [-0.15, -0.1) is 0 Å². The summed E-state index contributed by atoms with van der Waals surface area (Å²) in [5, 5.41) is 13.3. The summed E-state index contributed by atoms with van der Waals surface area (Å²) < 4.78 is 29.7. The Labute approximate surface area is 156 Å². The Morgan fingerprint density at radius 3 is 2.52 bits per heavy atom. The minimum Gasteiger partial charge on any atom is -0.373 e. The predicted molar refractivity (Wildman–Crippen MR) is 101 cm³/mol. The van der Waals surface area contributed by atoms with E-state index in [-0.39, 0.29) is 17.7 Å². The smallest absolute Gasteiger partial charge is 0.251 e. The molecule has 2 amide bonds. The van der Waals surface area contributed by atoms with E-state index < -0.39 is 37.7 Å². The second-order valence-electron chi connectivity index (χ2n) is 6.43. The molecule has 0 radical (unpaired) electrons. The summed E-state index contributed by atoms with van der Waals surface area (Å²) in [7, 11) is -0.538. The van der Waals surface area contributed by atoms with Crippen LogP contribution in [0.15, 0.2) is 36.4 Å². The summed E-state index contributed by atoms with van der Waals surface area (Å²) in [6.45, 7) is 4.05. The highest BCUT2D eigenvalue weighted by Crippen LogP contribution is 2.36. The maximum Gasteiger partial charge on any atom is 0.251 e. The zero-order chi connectivity index (χ0) is 19.7. The number of nitrogens with zero attached hydrogens (tertiary/aromatic N) is 1. The van der Waals surface area contributed by atoms with Crippen LogP contribution in [0.1, 0.15) is 6.42 Å². The average Bonchev–Trinajstić information content (AvgIpc) is 2.91. The largest absolute Gasteiger partial charge is 0.373 e. The van der Waals surface area contributed by atoms with Crippen molar-refractivity contribution in [2.75, 3.05) is 18.2 Å². The molecular weight excluding hydrogens is 373 g/mol. The Bertz CT molecular complexity index is 891. The van der Waals surface area contributed by atoms with Crippen LogP contribution >= 0.6 is 7.92 Å². The fourth-order valence-electron chi connectivity index (χ4n) is 3.26. The van der Waals surface area contributed by atoms with E-state index in [1.54, 1.807) is 12.1 Å². The van der Waals surface area contributed by atoms with E-state index in [1.807, 2.05) is 25.5 Å². The normalized spacial score (nSPS) is 19.6. The molecule has 2 N–H and O–H groups in total. The molecule has 2 aromatic carbocycles. The molecule has 2 aromatic rings. The van der Waals surface area contributed by atoms with Gasteiger partial charge in [-0.05, 0) is 36.3 Å². The van der Waals surface area contributed by atoms with Gasteiger partial charge in [0.05, 0.1) is 5.69 Å². The van der Waals surface area contributed by atoms with Gasteiger partial charge in [-0.1, -0.05) is 32.2 Å². The summed E-state index contributed by atoms with van der Waals surface area (Å²) in [6.07, 6.45) is -1.11. The molecule has 8 heteroatoms. The molecule has 1 aliphatic heterocycles. The molecule has 0 bridgehead atoms. The lowest BCUT2D eigenvalue weighted by Crippen LogP contribution is -2.39. The number of hydrogen-bond donors (Lipinski definition) is 2. The van der Waals surface area contributed by atoms with Gasteiger partial charge in [0.15, 0.2) is 11.6 Å². The molecule has 0 spiro atoms. The third-order valence-corrected chi connectivity index (χ3v) is 5.90. The minimum atomic E-state index is -1.35. The molecule has 3 rings (SSSR count). The van der Waals surface area contributed by atoms with Gasteiger partial charge in [-0.25, -0.2) is 8.78 Å². The summed E-state index contributed by atoms with van der Waals surface area (Å²) >= 11 is 0. The molecular formula is C19H19F2N2O3P. The quantitative estimate of drug-likeness (QED) is 0.605. The summed E-state index contributed by atoms with van der Waals surface area (Å²) in [5.74, 6) is -2.98. The molecule has 5 nitrogen and oxygen atoms in total. The van der Waals surface area contributed by atoms with Crippen molar-refractivity contribution in [2.24, 2.45) is 0 Å². The maximum absolute atomic E-state index is 14.9. The van der Waals surface area contributed by atoms with Gasteiger partial charge in [0.1, 0.15) is 12.3 Å². The second kappa shape index (κ2) is 7.71. The lowest BCUT2D eigenvalue weighted by molar-refractivity contribution is -0.121. The number of anilines is 1. The van der Waals surface area contributed by atoms with Gasteiger partial charge < -0.3 is 10.4 Å². The number of halogens is 2. The molecule has 142 valence electrons. The van der Waals surface area contributed by atoms with Crippen molar-refractivity contribution in [3.05, 3.63) is 48.0 Å². The SMILES string of the molecule is CP(C)c1ccccc1-c1ccc(N2C(=O)C(NC=O)CC2O)c(F)c1F. The standard InChI is InChI=1S/C19H19F2N2O3P/c1-27(2)15-6-4-3-5-11(15)12-7-8-14(18(21)17(12)20)23-16(25)9-13(19(23)26)22-10-24/h3-8,10,13,16,25H,9H2,1-2H3,(H,22,24). The fraction of sp³-hybridized carbons (Fsp3) is 0.263. The van der Waals surface area contributed by atoms with Crippen molar-refractivity contribution in [3.63, 3.8) is 0 Å². The molecule has 0 aliphatic carbocycles. The van der Waals surface area contributed by atoms with E-state index >= 15 is 0 Å². The van der Waals surface area contributed by atoms with Gasteiger partial charge in [0.2, 0.25) is 6.41 Å². The van der Waals surface area contributed by atoms with Gasteiger partial charge in [0, 0.05) is 12.0 Å². The summed E-state index contributed by atoms with van der Waals surface area (Å²) in [4.78, 5) is 23.7. The maximum atomic E-state index is 14.9. The van der Waals surface area contributed by atoms with Crippen molar-refractivity contribution in [3.8, 4) is 11.1 Å². The Morgan fingerprint density at radius 1 is 1.15 bits per heavy atom. The Kier molecular flexibility index (Phi) is 5.53. The summed E-state index contributed by atoms with van der Waals surface area (Å²) in [6, 6.07) is 8.94. The fourth-order valence-corrected chi connectivity index (χ4v) is 4.32. The molecule has 1 fully saturated rings. The van der Waals surface area contributed by atoms with E-state index in [0.29, 0.717) is 12.0 Å². The van der Waals surface area contributed by atoms with Crippen LogP contribution in [0.4, 0.5) is 14.5 Å². The molecule has 27 heavy (non-hydrogen) atoms. The van der Waals surface area contributed by atoms with Crippen molar-refractivity contribution in [2.45, 2.75) is 18.7 Å². The van der Waals surface area contributed by atoms with Gasteiger partial charge in [0.25, 0.3) is 5.91 Å². The zero-order valence-corrected chi connectivity index (χ0v) is 15.7. The summed E-state index contributed by atoms with van der Waals surface area (Å²) in [5.41, 5.74) is 0.355. The van der Waals surface area contributed by atoms with E-state index in [9.17, 15) is 23.5 Å². The van der Waals surface area contributed by atoms with Crippen LogP contribution in [0.25, 0.3) is 11.1 Å². The molecule has 0 saturated carbocycles. The molecule has 0 aromatic heterocycles. The number of amides is 2. The van der Waals surface area contributed by atoms with Crippen LogP contribution < -0.4 is 15.5 Å². The second-order valence-corrected chi connectivity index (χ2v) is 8.70. The number of rotatable bonds is 5. The molecule has 1 heterocycles. The van der Waals surface area contributed by atoms with Gasteiger partial charge >= 0.3 is 0 Å². The highest BCUT2D eigenvalue weighted by molar-refractivity contribution is 7.64. The van der Waals surface area contributed by atoms with E-state index in [1.165, 1.54) is 12.1 Å². The minimum absolute atomic E-state index is 0.0980. The number of hydrogen-bond acceptors (Lipinski definition) is 3. The van der Waals surface area contributed by atoms with Crippen molar-refractivity contribution in [1.82, 2.24) is 5.32 Å². The topological polar surface area (TPSA) is 69.6 Å². The Morgan fingerprint density at radius 2 is 1.85 bits per heavy atom. The lowest BCUT2D eigenvalue weighted by Gasteiger charge is -2.22. The van der Waals surface area contributed by atoms with Gasteiger partial charge in [-0.2, -0.15) is 0 Å². The Hall–Kier alpha value is -2.37. The number of carbonyl (C=O) groups is 2. The number of aliphatic hydroxyl groups is 1. The number of carbonyl (C=O) groups excluding carboxylic acids is 2. The third kappa shape index (κ3) is 3.45. The van der Waals surface area contributed by atoms with E-state index in [0.717, 1.165) is 10.2 Å². The first-order chi connectivity index (χ1) is 12.9. The van der Waals surface area contributed by atoms with Crippen LogP contribution in [-0.2, 0) is 9.59 Å². The first kappa shape index (κ1) is 19.4. The number of benzene rings is 2. The predicted octanol–water partition coefficient (Wildman–Crippen LogP) is 2.17. The van der Waals surface area contributed by atoms with Gasteiger partial charge in [-0.3, -0.25) is 14.5 Å². The molecule has 2 atom stereocenters. The first-order valence-corrected chi connectivity index (χ1v) is 10.6. The van der Waals surface area contributed by atoms with Crippen LogP contribution in [0, 0.1) is 11.6 Å². The Balaban J connectivity index is 2.05. The highest BCUT2D eigenvalue weighted by Gasteiger charge is 2.41. The zero-order valence-electron chi connectivity index (χ0n) is 14.8. The molecule has 1 aliphatic rings. The number of aliphatic hydroxyl groups excluding tert-OH is 1. The van der Waals surface area contributed by atoms with Crippen molar-refractivity contribution >= 4 is 31.2 Å². The number of nitrogens with one attached hydrogen (secondary N) is 1. The third-order valence-electron chi connectivity index (χ3n) is 4.55. The lowest BCUT2D eigenvalue weighted by atomic mass is 10.0. The van der Waals surface area contributed by atoms with Crippen molar-refractivity contribution in [1.29, 1.82) is 0 Å². The van der Waals surface area contributed by atoms with Crippen molar-refractivity contribution < 1.29 is 23.5 Å². The average molecular weight is 392 g/mol. The monoisotopic (exact) mass is 392 g/mol. The van der Waals surface area contributed by atoms with E-state index in [2.05, 4.69) is 5.32 Å². The molecule has 1 saturated heterocycles. The van der Waals surface area contributed by atoms with E-state index in [4.69, 9.17) is 0 Å². The van der Waals surface area contributed by atoms with Crippen LogP contribution in [-0.4, -0.2) is 43.0 Å². The van der Waals surface area contributed by atoms with Crippen LogP contribution in [0.2, 0.25) is 0 Å². The highest BCUT2D eigenvalue weighted by atomic mass is 31.1. The molecule has 2 unspecified atom stereocenters. The van der Waals surface area contributed by atoms with Crippen LogP contribution in [0.5, 0.6) is 0 Å².